The molecule has 0 bridgehead atoms. The van der Waals surface area contributed by atoms with Gasteiger partial charge in [-0.25, -0.2) is 0 Å². The molecule has 4 unspecified atom stereocenters. The molecule has 160 valence electrons. The fourth-order valence-corrected chi connectivity index (χ4v) is 5.76. The average molecular weight is 504 g/mol. The van der Waals surface area contributed by atoms with Gasteiger partial charge in [0.1, 0.15) is 0 Å². The van der Waals surface area contributed by atoms with E-state index >= 15 is 0 Å². The summed E-state index contributed by atoms with van der Waals surface area (Å²) in [6.07, 6.45) is 7.12. The van der Waals surface area contributed by atoms with E-state index in [4.69, 9.17) is 4.74 Å². The molecule has 0 aromatic heterocycles. The molecule has 0 radical (unpaired) electrons. The maximum Gasteiger partial charge on any atom is 0.225 e. The molecule has 0 spiro atoms. The van der Waals surface area contributed by atoms with Crippen molar-refractivity contribution in [3.05, 3.63) is 0 Å². The summed E-state index contributed by atoms with van der Waals surface area (Å²) in [6.45, 7) is 9.97. The molecule has 4 fully saturated rings. The number of hydrogen-bond acceptors (Lipinski definition) is 3. The summed E-state index contributed by atoms with van der Waals surface area (Å²) in [5.41, 5.74) is 0.136. The molecule has 2 N–H and O–H groups in total. The Kier molecular flexibility index (Phi) is 7.16. The number of halogens is 1. The second-order valence-corrected chi connectivity index (χ2v) is 9.41. The van der Waals surface area contributed by atoms with Crippen LogP contribution in [0.3, 0.4) is 0 Å². The van der Waals surface area contributed by atoms with Crippen molar-refractivity contribution in [2.24, 2.45) is 22.2 Å². The normalized spacial score (nSPS) is 34.5. The van der Waals surface area contributed by atoms with E-state index in [0.29, 0.717) is 30.0 Å². The molecule has 2 heterocycles. The average Bonchev–Trinajstić information content (AvgIpc) is 3.39. The largest absolute Gasteiger partial charge is 0.377 e. The number of carbonyl (C=O) groups is 1. The van der Waals surface area contributed by atoms with Crippen LogP contribution in [-0.2, 0) is 9.53 Å². The summed E-state index contributed by atoms with van der Waals surface area (Å²) < 4.78 is 5.92. The van der Waals surface area contributed by atoms with E-state index in [9.17, 15) is 4.79 Å². The zero-order valence-corrected chi connectivity index (χ0v) is 19.9. The molecular formula is C21H37IN4O2. The van der Waals surface area contributed by atoms with Gasteiger partial charge in [0.15, 0.2) is 5.96 Å². The molecule has 0 aromatic carbocycles. The zero-order chi connectivity index (χ0) is 19.0. The minimum Gasteiger partial charge on any atom is -0.377 e. The van der Waals surface area contributed by atoms with Crippen LogP contribution in [0.2, 0.25) is 0 Å². The molecule has 28 heavy (non-hydrogen) atoms. The lowest BCUT2D eigenvalue weighted by atomic mass is 9.57. The molecule has 1 amide bonds. The topological polar surface area (TPSA) is 66.0 Å². The lowest BCUT2D eigenvalue weighted by Gasteiger charge is -2.55. The minimum atomic E-state index is 0. The first-order valence-corrected chi connectivity index (χ1v) is 11.0. The van der Waals surface area contributed by atoms with Crippen molar-refractivity contribution in [1.82, 2.24) is 15.5 Å². The van der Waals surface area contributed by atoms with Crippen LogP contribution in [0, 0.1) is 17.3 Å². The van der Waals surface area contributed by atoms with Crippen molar-refractivity contribution in [2.75, 3.05) is 26.2 Å². The number of carbonyl (C=O) groups excluding carboxylic acids is 1. The SMILES string of the molecule is CCN=C(NC1CCN(C(=O)C2CCCC2)C1)NC1C2CCOC2C1(C)C.I. The van der Waals surface area contributed by atoms with Gasteiger partial charge in [-0.15, -0.1) is 24.0 Å². The fourth-order valence-electron chi connectivity index (χ4n) is 5.76. The van der Waals surface area contributed by atoms with Gasteiger partial charge in [-0.3, -0.25) is 9.79 Å². The van der Waals surface area contributed by atoms with Crippen molar-refractivity contribution < 1.29 is 9.53 Å². The number of hydrogen-bond donors (Lipinski definition) is 2. The zero-order valence-electron chi connectivity index (χ0n) is 17.6. The number of rotatable bonds is 4. The molecule has 2 aliphatic heterocycles. The molecule has 0 aromatic rings. The predicted molar refractivity (Wildman–Crippen MR) is 122 cm³/mol. The number of nitrogens with zero attached hydrogens (tertiary/aromatic N) is 2. The second kappa shape index (κ2) is 9.06. The number of fused-ring (bicyclic) bond motifs is 1. The van der Waals surface area contributed by atoms with Crippen LogP contribution in [0.15, 0.2) is 4.99 Å². The number of guanidine groups is 1. The van der Waals surface area contributed by atoms with Crippen LogP contribution in [0.25, 0.3) is 0 Å². The highest BCUT2D eigenvalue weighted by molar-refractivity contribution is 14.0. The van der Waals surface area contributed by atoms with Crippen LogP contribution >= 0.6 is 24.0 Å². The van der Waals surface area contributed by atoms with E-state index in [1.807, 2.05) is 0 Å². The summed E-state index contributed by atoms with van der Waals surface area (Å²) in [5, 5.41) is 7.31. The Hall–Kier alpha value is -0.570. The van der Waals surface area contributed by atoms with E-state index < -0.39 is 0 Å². The molecular weight excluding hydrogens is 467 g/mol. The number of nitrogens with one attached hydrogen (secondary N) is 2. The number of aliphatic imine (C=N–C) groups is 1. The lowest BCUT2D eigenvalue weighted by molar-refractivity contribution is -0.134. The van der Waals surface area contributed by atoms with Crippen LogP contribution in [0.1, 0.15) is 59.3 Å². The Labute approximate surface area is 186 Å². The maximum atomic E-state index is 12.7. The van der Waals surface area contributed by atoms with E-state index in [1.54, 1.807) is 0 Å². The van der Waals surface area contributed by atoms with Crippen LogP contribution < -0.4 is 10.6 Å². The van der Waals surface area contributed by atoms with Gasteiger partial charge in [0, 0.05) is 55.6 Å². The first kappa shape index (κ1) is 22.1. The summed E-state index contributed by atoms with van der Waals surface area (Å²) in [7, 11) is 0. The van der Waals surface area contributed by atoms with E-state index in [-0.39, 0.29) is 35.3 Å². The number of amides is 1. The molecule has 4 aliphatic rings. The predicted octanol–water partition coefficient (Wildman–Crippen LogP) is 2.76. The van der Waals surface area contributed by atoms with Gasteiger partial charge in [0.25, 0.3) is 0 Å². The third kappa shape index (κ3) is 4.16. The summed E-state index contributed by atoms with van der Waals surface area (Å²) >= 11 is 0. The Bertz CT molecular complexity index is 591. The van der Waals surface area contributed by atoms with Crippen molar-refractivity contribution in [3.63, 3.8) is 0 Å². The highest BCUT2D eigenvalue weighted by Gasteiger charge is 2.59. The first-order chi connectivity index (χ1) is 13.0. The highest BCUT2D eigenvalue weighted by Crippen LogP contribution is 2.52. The van der Waals surface area contributed by atoms with Crippen LogP contribution in [0.5, 0.6) is 0 Å². The van der Waals surface area contributed by atoms with E-state index in [0.717, 1.165) is 57.9 Å². The summed E-state index contributed by atoms with van der Waals surface area (Å²) in [6, 6.07) is 0.701. The van der Waals surface area contributed by atoms with Gasteiger partial charge in [0.05, 0.1) is 6.10 Å². The van der Waals surface area contributed by atoms with Crippen LogP contribution in [0.4, 0.5) is 0 Å². The smallest absolute Gasteiger partial charge is 0.225 e. The molecule has 7 heteroatoms. The second-order valence-electron chi connectivity index (χ2n) is 9.41. The van der Waals surface area contributed by atoms with Crippen molar-refractivity contribution in [2.45, 2.75) is 77.5 Å². The minimum absolute atomic E-state index is 0. The Morgan fingerprint density at radius 3 is 2.64 bits per heavy atom. The summed E-state index contributed by atoms with van der Waals surface area (Å²) in [4.78, 5) is 19.4. The van der Waals surface area contributed by atoms with Crippen molar-refractivity contribution in [3.8, 4) is 0 Å². The third-order valence-electron chi connectivity index (χ3n) is 7.25. The summed E-state index contributed by atoms with van der Waals surface area (Å²) in [5.74, 6) is 2.15. The molecule has 4 rings (SSSR count). The molecule has 4 atom stereocenters. The molecule has 2 aliphatic carbocycles. The van der Waals surface area contributed by atoms with Gasteiger partial charge in [0.2, 0.25) is 5.91 Å². The highest BCUT2D eigenvalue weighted by atomic mass is 127. The van der Waals surface area contributed by atoms with Crippen molar-refractivity contribution in [1.29, 1.82) is 0 Å². The Morgan fingerprint density at radius 2 is 1.93 bits per heavy atom. The number of ether oxygens (including phenoxy) is 1. The van der Waals surface area contributed by atoms with Crippen molar-refractivity contribution >= 4 is 35.8 Å². The van der Waals surface area contributed by atoms with Gasteiger partial charge in [-0.2, -0.15) is 0 Å². The van der Waals surface area contributed by atoms with E-state index in [2.05, 4.69) is 41.3 Å². The van der Waals surface area contributed by atoms with Crippen LogP contribution in [-0.4, -0.2) is 61.2 Å². The third-order valence-corrected chi connectivity index (χ3v) is 7.25. The molecule has 2 saturated carbocycles. The van der Waals surface area contributed by atoms with Gasteiger partial charge >= 0.3 is 0 Å². The van der Waals surface area contributed by atoms with E-state index in [1.165, 1.54) is 12.8 Å². The quantitative estimate of drug-likeness (QED) is 0.351. The van der Waals surface area contributed by atoms with Gasteiger partial charge < -0.3 is 20.3 Å². The molecule has 6 nitrogen and oxygen atoms in total. The van der Waals surface area contributed by atoms with Gasteiger partial charge in [-0.05, 0) is 32.6 Å². The fraction of sp³-hybridized carbons (Fsp3) is 0.905. The monoisotopic (exact) mass is 504 g/mol. The standard InChI is InChI=1S/C21H36N4O2.HI/c1-4-22-20(24-17-16-10-12-27-18(16)21(17,2)3)23-15-9-11-25(13-15)19(26)14-7-5-6-8-14;/h14-18H,4-13H2,1-3H3,(H2,22,23,24);1H. The lowest BCUT2D eigenvalue weighted by Crippen LogP contribution is -2.68. The number of likely N-dealkylation sites (tertiary alicyclic amines) is 1. The maximum absolute atomic E-state index is 12.7. The Balaban J connectivity index is 0.00000225. The molecule has 2 saturated heterocycles. The Morgan fingerprint density at radius 1 is 1.18 bits per heavy atom. The van der Waals surface area contributed by atoms with Gasteiger partial charge in [-0.1, -0.05) is 26.7 Å². The first-order valence-electron chi connectivity index (χ1n) is 11.0.